The Kier molecular flexibility index (Phi) is 3.95. The van der Waals surface area contributed by atoms with Crippen molar-refractivity contribution >= 4 is 17.3 Å². The number of nitrogen functional groups attached to an aromatic ring is 1. The maximum Gasteiger partial charge on any atom is 0.335 e. The fourth-order valence-corrected chi connectivity index (χ4v) is 2.59. The molecule has 1 fully saturated rings. The first-order chi connectivity index (χ1) is 8.99. The zero-order valence-electron chi connectivity index (χ0n) is 11.5. The molecular formula is C14H21N3O2. The molecule has 2 rings (SSSR count). The number of piperidine rings is 1. The molecule has 0 radical (unpaired) electrons. The van der Waals surface area contributed by atoms with E-state index in [1.165, 1.54) is 6.07 Å². The maximum atomic E-state index is 10.9. The normalized spacial score (nSPS) is 17.4. The van der Waals surface area contributed by atoms with Gasteiger partial charge >= 0.3 is 5.97 Å². The van der Waals surface area contributed by atoms with Gasteiger partial charge in [-0.25, -0.2) is 4.79 Å². The fourth-order valence-electron chi connectivity index (χ4n) is 2.59. The van der Waals surface area contributed by atoms with Gasteiger partial charge in [0.05, 0.1) is 16.9 Å². The number of hydrogen-bond donors (Lipinski definition) is 2. The molecule has 1 aliphatic heterocycles. The summed E-state index contributed by atoms with van der Waals surface area (Å²) in [6.45, 7) is 2.17. The number of nitrogens with zero attached hydrogens (tertiary/aromatic N) is 2. The number of carboxylic acids is 1. The number of anilines is 2. The van der Waals surface area contributed by atoms with E-state index in [2.05, 4.69) is 16.8 Å². The minimum Gasteiger partial charge on any atom is -0.478 e. The highest BCUT2D eigenvalue weighted by molar-refractivity contribution is 5.90. The monoisotopic (exact) mass is 263 g/mol. The second-order valence-electron chi connectivity index (χ2n) is 5.22. The summed E-state index contributed by atoms with van der Waals surface area (Å²) in [5.41, 5.74) is 7.66. The molecule has 0 amide bonds. The van der Waals surface area contributed by atoms with Crippen LogP contribution in [0.4, 0.5) is 11.4 Å². The van der Waals surface area contributed by atoms with Crippen molar-refractivity contribution in [2.45, 2.75) is 18.9 Å². The third-order valence-electron chi connectivity index (χ3n) is 3.89. The first-order valence-corrected chi connectivity index (χ1v) is 6.53. The van der Waals surface area contributed by atoms with E-state index in [0.717, 1.165) is 31.6 Å². The highest BCUT2D eigenvalue weighted by atomic mass is 16.4. The Morgan fingerprint density at radius 2 is 2.05 bits per heavy atom. The van der Waals surface area contributed by atoms with Crippen molar-refractivity contribution in [3.63, 3.8) is 0 Å². The van der Waals surface area contributed by atoms with Crippen molar-refractivity contribution in [3.05, 3.63) is 23.8 Å². The van der Waals surface area contributed by atoms with Gasteiger partial charge in [-0.1, -0.05) is 0 Å². The number of nitrogens with two attached hydrogens (primary N) is 1. The Morgan fingerprint density at radius 3 is 2.58 bits per heavy atom. The van der Waals surface area contributed by atoms with E-state index in [-0.39, 0.29) is 5.56 Å². The lowest BCUT2D eigenvalue weighted by Crippen LogP contribution is -2.42. The van der Waals surface area contributed by atoms with Crippen LogP contribution in [-0.4, -0.2) is 49.2 Å². The second kappa shape index (κ2) is 5.48. The van der Waals surface area contributed by atoms with Gasteiger partial charge in [-0.05, 0) is 51.2 Å². The average molecular weight is 263 g/mol. The molecule has 5 nitrogen and oxygen atoms in total. The van der Waals surface area contributed by atoms with Gasteiger partial charge in [-0.3, -0.25) is 0 Å². The van der Waals surface area contributed by atoms with Gasteiger partial charge in [-0.2, -0.15) is 0 Å². The van der Waals surface area contributed by atoms with Crippen LogP contribution in [0.3, 0.4) is 0 Å². The highest BCUT2D eigenvalue weighted by Gasteiger charge is 2.22. The lowest BCUT2D eigenvalue weighted by molar-refractivity contribution is 0.0697. The summed E-state index contributed by atoms with van der Waals surface area (Å²) in [5, 5.41) is 8.94. The van der Waals surface area contributed by atoms with Gasteiger partial charge in [-0.15, -0.1) is 0 Å². The van der Waals surface area contributed by atoms with Crippen LogP contribution in [0.25, 0.3) is 0 Å². The van der Waals surface area contributed by atoms with Gasteiger partial charge in [0.1, 0.15) is 0 Å². The fraction of sp³-hybridized carbons (Fsp3) is 0.500. The van der Waals surface area contributed by atoms with E-state index in [0.29, 0.717) is 11.7 Å². The molecule has 1 heterocycles. The largest absolute Gasteiger partial charge is 0.478 e. The second-order valence-corrected chi connectivity index (χ2v) is 5.22. The topological polar surface area (TPSA) is 69.8 Å². The highest BCUT2D eigenvalue weighted by Crippen LogP contribution is 2.28. The van der Waals surface area contributed by atoms with Crippen LogP contribution >= 0.6 is 0 Å². The SMILES string of the molecule is CN1CCC(N(C)c2ccc(C(=O)O)cc2N)CC1. The van der Waals surface area contributed by atoms with Crippen LogP contribution in [0.5, 0.6) is 0 Å². The van der Waals surface area contributed by atoms with Crippen molar-refractivity contribution < 1.29 is 9.90 Å². The lowest BCUT2D eigenvalue weighted by atomic mass is 10.0. The number of benzene rings is 1. The Balaban J connectivity index is 2.15. The molecule has 1 aromatic rings. The Hall–Kier alpha value is -1.75. The van der Waals surface area contributed by atoms with Crippen molar-refractivity contribution in [2.24, 2.45) is 0 Å². The molecule has 0 saturated carbocycles. The molecular weight excluding hydrogens is 242 g/mol. The standard InChI is InChI=1S/C14H21N3O2/c1-16-7-5-11(6-8-16)17(2)13-4-3-10(14(18)19)9-12(13)15/h3-4,9,11H,5-8,15H2,1-2H3,(H,18,19). The first kappa shape index (κ1) is 13.7. The molecule has 0 atom stereocenters. The quantitative estimate of drug-likeness (QED) is 0.809. The molecule has 1 aromatic carbocycles. The van der Waals surface area contributed by atoms with Crippen molar-refractivity contribution in [1.29, 1.82) is 0 Å². The minimum absolute atomic E-state index is 0.234. The zero-order valence-corrected chi connectivity index (χ0v) is 11.5. The summed E-state index contributed by atoms with van der Waals surface area (Å²) in [4.78, 5) is 15.4. The molecule has 0 aliphatic carbocycles. The van der Waals surface area contributed by atoms with E-state index >= 15 is 0 Å². The molecule has 0 bridgehead atoms. The molecule has 1 saturated heterocycles. The third kappa shape index (κ3) is 2.98. The molecule has 0 spiro atoms. The predicted octanol–water partition coefficient (Wildman–Crippen LogP) is 1.50. The van der Waals surface area contributed by atoms with Crippen LogP contribution in [0.15, 0.2) is 18.2 Å². The number of hydrogen-bond acceptors (Lipinski definition) is 4. The van der Waals surface area contributed by atoms with E-state index in [1.807, 2.05) is 7.05 Å². The molecule has 3 N–H and O–H groups in total. The molecule has 0 aromatic heterocycles. The number of rotatable bonds is 3. The minimum atomic E-state index is -0.944. The Morgan fingerprint density at radius 1 is 1.42 bits per heavy atom. The van der Waals surface area contributed by atoms with Crippen LogP contribution < -0.4 is 10.6 Å². The smallest absolute Gasteiger partial charge is 0.335 e. The van der Waals surface area contributed by atoms with E-state index in [9.17, 15) is 4.79 Å². The summed E-state index contributed by atoms with van der Waals surface area (Å²) >= 11 is 0. The van der Waals surface area contributed by atoms with Gasteiger partial charge in [0, 0.05) is 13.1 Å². The number of carbonyl (C=O) groups is 1. The lowest BCUT2D eigenvalue weighted by Gasteiger charge is -2.36. The molecule has 0 unspecified atom stereocenters. The summed E-state index contributed by atoms with van der Waals surface area (Å²) in [6.07, 6.45) is 2.21. The molecule has 5 heteroatoms. The molecule has 1 aliphatic rings. The van der Waals surface area contributed by atoms with Crippen LogP contribution in [-0.2, 0) is 0 Å². The van der Waals surface area contributed by atoms with Crippen LogP contribution in [0.2, 0.25) is 0 Å². The van der Waals surface area contributed by atoms with Gasteiger partial charge in [0.25, 0.3) is 0 Å². The van der Waals surface area contributed by atoms with Crippen LogP contribution in [0, 0.1) is 0 Å². The van der Waals surface area contributed by atoms with E-state index in [4.69, 9.17) is 10.8 Å². The molecule has 19 heavy (non-hydrogen) atoms. The summed E-state index contributed by atoms with van der Waals surface area (Å²) in [6, 6.07) is 5.41. The van der Waals surface area contributed by atoms with Crippen molar-refractivity contribution in [1.82, 2.24) is 4.90 Å². The number of likely N-dealkylation sites (tertiary alicyclic amines) is 1. The molecule has 104 valence electrons. The Labute approximate surface area is 113 Å². The number of carboxylic acid groups (broad SMARTS) is 1. The first-order valence-electron chi connectivity index (χ1n) is 6.53. The average Bonchev–Trinajstić information content (AvgIpc) is 2.38. The number of aromatic carboxylic acids is 1. The van der Waals surface area contributed by atoms with Crippen LogP contribution in [0.1, 0.15) is 23.2 Å². The summed E-state index contributed by atoms with van der Waals surface area (Å²) < 4.78 is 0. The third-order valence-corrected chi connectivity index (χ3v) is 3.89. The van der Waals surface area contributed by atoms with Gasteiger partial charge in [0.15, 0.2) is 0 Å². The summed E-state index contributed by atoms with van der Waals surface area (Å²) in [7, 11) is 4.16. The van der Waals surface area contributed by atoms with Gasteiger partial charge < -0.3 is 20.6 Å². The van der Waals surface area contributed by atoms with E-state index < -0.39 is 5.97 Å². The maximum absolute atomic E-state index is 10.9. The van der Waals surface area contributed by atoms with Crippen molar-refractivity contribution in [3.8, 4) is 0 Å². The predicted molar refractivity (Wildman–Crippen MR) is 76.7 cm³/mol. The summed E-state index contributed by atoms with van der Waals surface area (Å²) in [5.74, 6) is -0.944. The Bertz CT molecular complexity index is 468. The van der Waals surface area contributed by atoms with Crippen molar-refractivity contribution in [2.75, 3.05) is 37.8 Å². The van der Waals surface area contributed by atoms with E-state index in [1.54, 1.807) is 12.1 Å². The van der Waals surface area contributed by atoms with Gasteiger partial charge in [0.2, 0.25) is 0 Å². The zero-order chi connectivity index (χ0) is 14.0.